The Bertz CT molecular complexity index is 991. The predicted octanol–water partition coefficient (Wildman–Crippen LogP) is 4.16. The Balaban J connectivity index is 1.23. The van der Waals surface area contributed by atoms with E-state index in [0.29, 0.717) is 25.8 Å². The molecule has 7 heteroatoms. The van der Waals surface area contributed by atoms with Crippen molar-refractivity contribution in [2.75, 3.05) is 13.2 Å². The minimum Gasteiger partial charge on any atom is -0.480 e. The summed E-state index contributed by atoms with van der Waals surface area (Å²) in [6, 6.07) is 15.5. The van der Waals surface area contributed by atoms with Gasteiger partial charge in [-0.3, -0.25) is 4.79 Å². The zero-order chi connectivity index (χ0) is 23.4. The van der Waals surface area contributed by atoms with Crippen LogP contribution in [0.2, 0.25) is 0 Å². The van der Waals surface area contributed by atoms with Crippen LogP contribution < -0.4 is 5.32 Å². The number of hydrogen-bond donors (Lipinski definition) is 2. The number of fused-ring (bicyclic) bond motifs is 3. The Morgan fingerprint density at radius 1 is 1.09 bits per heavy atom. The molecule has 0 bridgehead atoms. The number of alkyl carbamates (subject to hydrolysis) is 1. The summed E-state index contributed by atoms with van der Waals surface area (Å²) < 4.78 is 5.57. The lowest BCUT2D eigenvalue weighted by atomic mass is 9.98. The molecule has 33 heavy (non-hydrogen) atoms. The molecule has 1 aliphatic carbocycles. The second kappa shape index (κ2) is 10.1. The molecule has 2 N–H and O–H groups in total. The summed E-state index contributed by atoms with van der Waals surface area (Å²) in [5.41, 5.74) is 4.70. The summed E-state index contributed by atoms with van der Waals surface area (Å²) in [4.78, 5) is 37.5. The van der Waals surface area contributed by atoms with Gasteiger partial charge in [0.25, 0.3) is 0 Å². The molecule has 2 amide bonds. The average Bonchev–Trinajstić information content (AvgIpc) is 3.41. The number of rotatable bonds is 8. The first-order valence-corrected chi connectivity index (χ1v) is 11.6. The molecule has 0 aromatic heterocycles. The highest BCUT2D eigenvalue weighted by Crippen LogP contribution is 2.44. The standard InChI is InChI=1S/C26H30N2O5/c1-17(8-6-14-24(29)28-15-7-13-23(28)25(30)31)27-26(32)33-16-22-20-11-4-2-9-18(20)19-10-3-5-12-21(19)22/h2-5,9-12,17,22-23H,6-8,13-16H2,1H3,(H,27,32)(H,30,31)/t17?,23-/m0/s1. The number of ether oxygens (including phenoxy) is 1. The van der Waals surface area contributed by atoms with E-state index >= 15 is 0 Å². The van der Waals surface area contributed by atoms with Crippen molar-refractivity contribution in [1.29, 1.82) is 0 Å². The molecule has 7 nitrogen and oxygen atoms in total. The molecular weight excluding hydrogens is 420 g/mol. The van der Waals surface area contributed by atoms with E-state index in [1.807, 2.05) is 31.2 Å². The molecule has 2 atom stereocenters. The molecule has 1 heterocycles. The van der Waals surface area contributed by atoms with E-state index in [2.05, 4.69) is 29.6 Å². The molecule has 0 saturated carbocycles. The van der Waals surface area contributed by atoms with Gasteiger partial charge >= 0.3 is 12.1 Å². The molecule has 1 unspecified atom stereocenters. The van der Waals surface area contributed by atoms with Gasteiger partial charge in [0.1, 0.15) is 12.6 Å². The monoisotopic (exact) mass is 450 g/mol. The number of nitrogens with zero attached hydrogens (tertiary/aromatic N) is 1. The second-order valence-electron chi connectivity index (χ2n) is 8.85. The number of carboxylic acid groups (broad SMARTS) is 1. The summed E-state index contributed by atoms with van der Waals surface area (Å²) >= 11 is 0. The third-order valence-electron chi connectivity index (χ3n) is 6.59. The topological polar surface area (TPSA) is 95.9 Å². The van der Waals surface area contributed by atoms with Crippen molar-refractivity contribution in [3.63, 3.8) is 0 Å². The van der Waals surface area contributed by atoms with Crippen molar-refractivity contribution >= 4 is 18.0 Å². The van der Waals surface area contributed by atoms with Gasteiger partial charge in [0, 0.05) is 24.9 Å². The van der Waals surface area contributed by atoms with Gasteiger partial charge in [0.2, 0.25) is 5.91 Å². The minimum absolute atomic E-state index is 0.0127. The van der Waals surface area contributed by atoms with Crippen molar-refractivity contribution < 1.29 is 24.2 Å². The van der Waals surface area contributed by atoms with Gasteiger partial charge in [-0.15, -0.1) is 0 Å². The fourth-order valence-corrected chi connectivity index (χ4v) is 4.94. The highest BCUT2D eigenvalue weighted by molar-refractivity contribution is 5.84. The lowest BCUT2D eigenvalue weighted by molar-refractivity contribution is -0.148. The maximum atomic E-state index is 12.4. The van der Waals surface area contributed by atoms with Gasteiger partial charge < -0.3 is 20.1 Å². The van der Waals surface area contributed by atoms with Crippen molar-refractivity contribution in [2.45, 2.75) is 57.0 Å². The Kier molecular flexibility index (Phi) is 6.96. The molecule has 4 rings (SSSR count). The number of amides is 2. The molecule has 1 fully saturated rings. The number of carboxylic acids is 1. The average molecular weight is 451 g/mol. The van der Waals surface area contributed by atoms with E-state index in [1.165, 1.54) is 27.2 Å². The van der Waals surface area contributed by atoms with Crippen LogP contribution in [0.25, 0.3) is 11.1 Å². The number of likely N-dealkylation sites (tertiary alicyclic amines) is 1. The summed E-state index contributed by atoms with van der Waals surface area (Å²) in [6.45, 7) is 2.64. The van der Waals surface area contributed by atoms with E-state index < -0.39 is 18.1 Å². The van der Waals surface area contributed by atoms with Gasteiger partial charge in [-0.25, -0.2) is 9.59 Å². The molecule has 2 aromatic carbocycles. The largest absolute Gasteiger partial charge is 0.480 e. The Labute approximate surface area is 193 Å². The molecule has 2 aromatic rings. The fraction of sp³-hybridized carbons (Fsp3) is 0.423. The van der Waals surface area contributed by atoms with Crippen LogP contribution in [0, 0.1) is 0 Å². The highest BCUT2D eigenvalue weighted by atomic mass is 16.5. The van der Waals surface area contributed by atoms with Crippen LogP contribution in [0.1, 0.15) is 56.1 Å². The molecule has 2 aliphatic rings. The third-order valence-corrected chi connectivity index (χ3v) is 6.59. The minimum atomic E-state index is -0.939. The summed E-state index contributed by atoms with van der Waals surface area (Å²) in [7, 11) is 0. The Hall–Kier alpha value is -3.35. The highest BCUT2D eigenvalue weighted by Gasteiger charge is 2.33. The lowest BCUT2D eigenvalue weighted by Gasteiger charge is -2.22. The van der Waals surface area contributed by atoms with Crippen LogP contribution >= 0.6 is 0 Å². The number of hydrogen-bond acceptors (Lipinski definition) is 4. The van der Waals surface area contributed by atoms with Gasteiger partial charge in [0.15, 0.2) is 0 Å². The zero-order valence-corrected chi connectivity index (χ0v) is 18.8. The SMILES string of the molecule is CC(CCCC(=O)N1CCC[C@H]1C(=O)O)NC(=O)OCC1c2ccccc2-c2ccccc21. The van der Waals surface area contributed by atoms with Crippen molar-refractivity contribution in [1.82, 2.24) is 10.2 Å². The quantitative estimate of drug-likeness (QED) is 0.630. The number of carbonyl (C=O) groups excluding carboxylic acids is 2. The van der Waals surface area contributed by atoms with Gasteiger partial charge in [-0.2, -0.15) is 0 Å². The lowest BCUT2D eigenvalue weighted by Crippen LogP contribution is -2.40. The first-order chi connectivity index (χ1) is 16.0. The van der Waals surface area contributed by atoms with Crippen LogP contribution in [0.4, 0.5) is 4.79 Å². The van der Waals surface area contributed by atoms with E-state index in [0.717, 1.165) is 6.42 Å². The predicted molar refractivity (Wildman–Crippen MR) is 124 cm³/mol. The van der Waals surface area contributed by atoms with E-state index in [9.17, 15) is 19.5 Å². The number of aliphatic carboxylic acids is 1. The zero-order valence-electron chi connectivity index (χ0n) is 18.8. The maximum Gasteiger partial charge on any atom is 0.407 e. The smallest absolute Gasteiger partial charge is 0.407 e. The number of benzene rings is 2. The molecule has 1 saturated heterocycles. The van der Waals surface area contributed by atoms with E-state index in [-0.39, 0.29) is 30.9 Å². The van der Waals surface area contributed by atoms with Crippen LogP contribution in [0.15, 0.2) is 48.5 Å². The first-order valence-electron chi connectivity index (χ1n) is 11.6. The Morgan fingerprint density at radius 3 is 2.36 bits per heavy atom. The van der Waals surface area contributed by atoms with Crippen LogP contribution in [0.3, 0.4) is 0 Å². The van der Waals surface area contributed by atoms with Gasteiger partial charge in [-0.1, -0.05) is 48.5 Å². The van der Waals surface area contributed by atoms with Crippen molar-refractivity contribution in [2.24, 2.45) is 0 Å². The fourth-order valence-electron chi connectivity index (χ4n) is 4.94. The molecule has 1 aliphatic heterocycles. The van der Waals surface area contributed by atoms with Crippen molar-refractivity contribution in [3.8, 4) is 11.1 Å². The molecule has 0 spiro atoms. The van der Waals surface area contributed by atoms with Gasteiger partial charge in [-0.05, 0) is 54.9 Å². The molecule has 0 radical (unpaired) electrons. The van der Waals surface area contributed by atoms with E-state index in [1.54, 1.807) is 0 Å². The molecule has 174 valence electrons. The second-order valence-corrected chi connectivity index (χ2v) is 8.85. The third kappa shape index (κ3) is 5.02. The van der Waals surface area contributed by atoms with Crippen molar-refractivity contribution in [3.05, 3.63) is 59.7 Å². The normalized spacial score (nSPS) is 17.8. The summed E-state index contributed by atoms with van der Waals surface area (Å²) in [6.07, 6.45) is 2.23. The summed E-state index contributed by atoms with van der Waals surface area (Å²) in [5, 5.41) is 12.1. The summed E-state index contributed by atoms with van der Waals surface area (Å²) in [5.74, 6) is -1.06. The number of nitrogens with one attached hydrogen (secondary N) is 1. The van der Waals surface area contributed by atoms with E-state index in [4.69, 9.17) is 4.74 Å². The maximum absolute atomic E-state index is 12.4. The van der Waals surface area contributed by atoms with Crippen LogP contribution in [-0.2, 0) is 14.3 Å². The van der Waals surface area contributed by atoms with Crippen LogP contribution in [-0.4, -0.2) is 53.2 Å². The molecular formula is C26H30N2O5. The Morgan fingerprint density at radius 2 is 1.73 bits per heavy atom. The van der Waals surface area contributed by atoms with Gasteiger partial charge in [0.05, 0.1) is 0 Å². The van der Waals surface area contributed by atoms with Crippen LogP contribution in [0.5, 0.6) is 0 Å². The first kappa shape index (κ1) is 22.8. The number of carbonyl (C=O) groups is 3.